The van der Waals surface area contributed by atoms with E-state index in [9.17, 15) is 8.78 Å². The fourth-order valence-electron chi connectivity index (χ4n) is 1.66. The van der Waals surface area contributed by atoms with Crippen LogP contribution in [-0.2, 0) is 7.05 Å². The molecule has 1 aromatic carbocycles. The zero-order valence-corrected chi connectivity index (χ0v) is 9.83. The largest absolute Gasteiger partial charge is 0.337 e. The van der Waals surface area contributed by atoms with E-state index < -0.39 is 11.6 Å². The molecule has 4 nitrogen and oxygen atoms in total. The Morgan fingerprint density at radius 1 is 1.39 bits per heavy atom. The number of nitrogens with zero attached hydrogens (tertiary/aromatic N) is 3. The first-order valence-electron chi connectivity index (χ1n) is 5.19. The van der Waals surface area contributed by atoms with E-state index >= 15 is 0 Å². The number of aryl methyl sites for hydroxylation is 2. The zero-order valence-electron chi connectivity index (χ0n) is 9.83. The molecule has 0 aliphatic carbocycles. The summed E-state index contributed by atoms with van der Waals surface area (Å²) in [6.07, 6.45) is 0. The van der Waals surface area contributed by atoms with Gasteiger partial charge in [-0.3, -0.25) is 4.68 Å². The normalized spacial score (nSPS) is 10.2. The maximum absolute atomic E-state index is 13.5. The molecule has 0 spiro atoms. The van der Waals surface area contributed by atoms with Gasteiger partial charge in [-0.25, -0.2) is 8.78 Å². The van der Waals surface area contributed by atoms with Gasteiger partial charge < -0.3 is 5.32 Å². The van der Waals surface area contributed by atoms with Crippen molar-refractivity contribution in [3.05, 3.63) is 41.1 Å². The molecule has 1 N–H and O–H groups in total. The van der Waals surface area contributed by atoms with E-state index in [2.05, 4.69) is 10.4 Å². The Morgan fingerprint density at radius 3 is 2.78 bits per heavy atom. The highest BCUT2D eigenvalue weighted by atomic mass is 19.2. The van der Waals surface area contributed by atoms with Crippen LogP contribution in [-0.4, -0.2) is 9.78 Å². The molecule has 0 unspecified atom stereocenters. The average Bonchev–Trinajstić information content (AvgIpc) is 2.59. The van der Waals surface area contributed by atoms with Gasteiger partial charge in [0.2, 0.25) is 0 Å². The van der Waals surface area contributed by atoms with Crippen LogP contribution in [0, 0.1) is 29.9 Å². The fraction of sp³-hybridized carbons (Fsp3) is 0.167. The fourth-order valence-corrected chi connectivity index (χ4v) is 1.66. The molecule has 0 aliphatic heterocycles. The van der Waals surface area contributed by atoms with E-state index in [0.717, 1.165) is 6.07 Å². The van der Waals surface area contributed by atoms with E-state index in [4.69, 9.17) is 5.26 Å². The summed E-state index contributed by atoms with van der Waals surface area (Å²) in [4.78, 5) is 0. The predicted molar refractivity (Wildman–Crippen MR) is 62.3 cm³/mol. The van der Waals surface area contributed by atoms with Crippen molar-refractivity contribution in [3.8, 4) is 6.07 Å². The summed E-state index contributed by atoms with van der Waals surface area (Å²) >= 11 is 0. The molecule has 2 rings (SSSR count). The van der Waals surface area contributed by atoms with E-state index in [1.165, 1.54) is 16.8 Å². The minimum atomic E-state index is -0.986. The molecule has 92 valence electrons. The number of nitrogens with one attached hydrogen (secondary N) is 1. The SMILES string of the molecule is Cc1nn(C)c(Nc2cccc(F)c2F)c1C#N. The molecule has 0 radical (unpaired) electrons. The van der Waals surface area contributed by atoms with Crippen LogP contribution >= 0.6 is 0 Å². The first-order valence-corrected chi connectivity index (χ1v) is 5.19. The molecule has 0 bridgehead atoms. The highest BCUT2D eigenvalue weighted by Crippen LogP contribution is 2.25. The number of rotatable bonds is 2. The maximum atomic E-state index is 13.5. The van der Waals surface area contributed by atoms with Crippen molar-refractivity contribution in [2.24, 2.45) is 7.05 Å². The molecule has 18 heavy (non-hydrogen) atoms. The molecule has 1 heterocycles. The van der Waals surface area contributed by atoms with Gasteiger partial charge in [-0.1, -0.05) is 6.07 Å². The number of hydrogen-bond acceptors (Lipinski definition) is 3. The molecule has 0 fully saturated rings. The second kappa shape index (κ2) is 4.45. The van der Waals surface area contributed by atoms with Crippen molar-refractivity contribution in [1.29, 1.82) is 5.26 Å². The van der Waals surface area contributed by atoms with Crippen molar-refractivity contribution >= 4 is 11.5 Å². The lowest BCUT2D eigenvalue weighted by Gasteiger charge is -2.08. The van der Waals surface area contributed by atoms with Crippen LogP contribution in [0.5, 0.6) is 0 Å². The van der Waals surface area contributed by atoms with Gasteiger partial charge in [-0.15, -0.1) is 0 Å². The van der Waals surface area contributed by atoms with Gasteiger partial charge in [-0.05, 0) is 19.1 Å². The third-order valence-corrected chi connectivity index (χ3v) is 2.54. The summed E-state index contributed by atoms with van der Waals surface area (Å²) in [5.74, 6) is -1.60. The molecular formula is C12H10F2N4. The van der Waals surface area contributed by atoms with Crippen molar-refractivity contribution in [3.63, 3.8) is 0 Å². The van der Waals surface area contributed by atoms with Gasteiger partial charge in [0.25, 0.3) is 0 Å². The Labute approximate surface area is 102 Å². The van der Waals surface area contributed by atoms with Crippen LogP contribution in [0.4, 0.5) is 20.3 Å². The van der Waals surface area contributed by atoms with Gasteiger partial charge in [0.1, 0.15) is 17.5 Å². The highest BCUT2D eigenvalue weighted by Gasteiger charge is 2.15. The average molecular weight is 248 g/mol. The van der Waals surface area contributed by atoms with Gasteiger partial charge in [-0.2, -0.15) is 10.4 Å². The first kappa shape index (κ1) is 12.0. The molecule has 6 heteroatoms. The van der Waals surface area contributed by atoms with Crippen LogP contribution in [0.1, 0.15) is 11.3 Å². The molecule has 0 saturated heterocycles. The lowest BCUT2D eigenvalue weighted by atomic mass is 10.2. The smallest absolute Gasteiger partial charge is 0.182 e. The van der Waals surface area contributed by atoms with Crippen LogP contribution < -0.4 is 5.32 Å². The molecule has 1 aromatic heterocycles. The van der Waals surface area contributed by atoms with E-state index in [1.807, 2.05) is 6.07 Å². The van der Waals surface area contributed by atoms with Gasteiger partial charge in [0.05, 0.1) is 11.4 Å². The first-order chi connectivity index (χ1) is 8.54. The van der Waals surface area contributed by atoms with Gasteiger partial charge in [0, 0.05) is 7.05 Å². The number of hydrogen-bond donors (Lipinski definition) is 1. The Hall–Kier alpha value is -2.42. The Bertz CT molecular complexity index is 640. The molecule has 0 saturated carbocycles. The Balaban J connectivity index is 2.47. The summed E-state index contributed by atoms with van der Waals surface area (Å²) in [6.45, 7) is 1.67. The number of nitriles is 1. The van der Waals surface area contributed by atoms with Crippen molar-refractivity contribution in [1.82, 2.24) is 9.78 Å². The summed E-state index contributed by atoms with van der Waals surface area (Å²) in [5, 5.41) is 15.7. The van der Waals surface area contributed by atoms with Gasteiger partial charge in [0.15, 0.2) is 11.6 Å². The Morgan fingerprint density at radius 2 is 2.11 bits per heavy atom. The van der Waals surface area contributed by atoms with E-state index in [1.54, 1.807) is 14.0 Å². The van der Waals surface area contributed by atoms with Crippen molar-refractivity contribution in [2.45, 2.75) is 6.92 Å². The van der Waals surface area contributed by atoms with Crippen molar-refractivity contribution < 1.29 is 8.78 Å². The minimum Gasteiger partial charge on any atom is -0.337 e. The lowest BCUT2D eigenvalue weighted by Crippen LogP contribution is -2.03. The summed E-state index contributed by atoms with van der Waals surface area (Å²) in [6, 6.07) is 5.78. The molecule has 2 aromatic rings. The number of anilines is 2. The summed E-state index contributed by atoms with van der Waals surface area (Å²) in [7, 11) is 1.62. The predicted octanol–water partition coefficient (Wildman–Crippen LogP) is 2.62. The van der Waals surface area contributed by atoms with Crippen LogP contribution in [0.25, 0.3) is 0 Å². The third kappa shape index (κ3) is 1.91. The Kier molecular flexibility index (Phi) is 2.98. The molecule has 0 aliphatic rings. The topological polar surface area (TPSA) is 53.6 Å². The molecule has 0 atom stereocenters. The number of benzene rings is 1. The van der Waals surface area contributed by atoms with Crippen LogP contribution in [0.15, 0.2) is 18.2 Å². The van der Waals surface area contributed by atoms with Crippen molar-refractivity contribution in [2.75, 3.05) is 5.32 Å². The zero-order chi connectivity index (χ0) is 13.3. The minimum absolute atomic E-state index is 0.0329. The quantitative estimate of drug-likeness (QED) is 0.888. The third-order valence-electron chi connectivity index (χ3n) is 2.54. The molecular weight excluding hydrogens is 238 g/mol. The number of halogens is 2. The summed E-state index contributed by atoms with van der Waals surface area (Å²) < 4.78 is 28.0. The molecule has 0 amide bonds. The van der Waals surface area contributed by atoms with Crippen LogP contribution in [0.3, 0.4) is 0 Å². The maximum Gasteiger partial charge on any atom is 0.182 e. The second-order valence-corrected chi connectivity index (χ2v) is 3.77. The summed E-state index contributed by atoms with van der Waals surface area (Å²) in [5.41, 5.74) is 0.801. The second-order valence-electron chi connectivity index (χ2n) is 3.77. The monoisotopic (exact) mass is 248 g/mol. The van der Waals surface area contributed by atoms with E-state index in [-0.39, 0.29) is 5.69 Å². The van der Waals surface area contributed by atoms with Crippen LogP contribution in [0.2, 0.25) is 0 Å². The standard InChI is InChI=1S/C12H10F2N4/c1-7-8(6-15)12(18(2)17-7)16-10-5-3-4-9(13)11(10)14/h3-5,16H,1-2H3. The lowest BCUT2D eigenvalue weighted by molar-refractivity contribution is 0.511. The number of aromatic nitrogens is 2. The highest BCUT2D eigenvalue weighted by molar-refractivity contribution is 5.64. The van der Waals surface area contributed by atoms with E-state index in [0.29, 0.717) is 17.1 Å². The van der Waals surface area contributed by atoms with Gasteiger partial charge >= 0.3 is 0 Å².